The van der Waals surface area contributed by atoms with Crippen molar-refractivity contribution in [3.8, 4) is 5.75 Å². The van der Waals surface area contributed by atoms with Crippen molar-refractivity contribution in [3.63, 3.8) is 0 Å². The number of hydrogen-bond acceptors (Lipinski definition) is 3. The maximum atomic E-state index is 13.6. The molecule has 0 bridgehead atoms. The average molecular weight is 297 g/mol. The number of benzene rings is 1. The van der Waals surface area contributed by atoms with Gasteiger partial charge in [0.2, 0.25) is 5.91 Å². The van der Waals surface area contributed by atoms with Crippen LogP contribution in [-0.4, -0.2) is 24.1 Å². The SMILES string of the molecule is COc1ccc(C(C)NC(=O)CC(C)(C)C(=O)O)cc1F. The highest BCUT2D eigenvalue weighted by atomic mass is 19.1. The molecular weight excluding hydrogens is 277 g/mol. The summed E-state index contributed by atoms with van der Waals surface area (Å²) in [6.45, 7) is 4.66. The van der Waals surface area contributed by atoms with Crippen LogP contribution in [-0.2, 0) is 9.59 Å². The van der Waals surface area contributed by atoms with Gasteiger partial charge in [0, 0.05) is 6.42 Å². The van der Waals surface area contributed by atoms with Crippen LogP contribution in [0.3, 0.4) is 0 Å². The zero-order chi connectivity index (χ0) is 16.2. The van der Waals surface area contributed by atoms with E-state index in [4.69, 9.17) is 9.84 Å². The molecule has 1 amide bonds. The van der Waals surface area contributed by atoms with E-state index >= 15 is 0 Å². The van der Waals surface area contributed by atoms with Crippen LogP contribution in [0.25, 0.3) is 0 Å². The van der Waals surface area contributed by atoms with E-state index in [0.717, 1.165) is 0 Å². The fourth-order valence-electron chi connectivity index (χ4n) is 1.80. The van der Waals surface area contributed by atoms with Crippen LogP contribution in [0, 0.1) is 11.2 Å². The third kappa shape index (κ3) is 4.44. The summed E-state index contributed by atoms with van der Waals surface area (Å²) in [5, 5.41) is 11.7. The monoisotopic (exact) mass is 297 g/mol. The third-order valence-electron chi connectivity index (χ3n) is 3.23. The van der Waals surface area contributed by atoms with Crippen LogP contribution in [0.15, 0.2) is 18.2 Å². The molecule has 2 N–H and O–H groups in total. The molecule has 1 atom stereocenters. The topological polar surface area (TPSA) is 75.6 Å². The zero-order valence-corrected chi connectivity index (χ0v) is 12.6. The molecule has 1 rings (SSSR count). The first-order valence-electron chi connectivity index (χ1n) is 6.53. The van der Waals surface area contributed by atoms with E-state index in [0.29, 0.717) is 5.56 Å². The first kappa shape index (κ1) is 16.9. The summed E-state index contributed by atoms with van der Waals surface area (Å²) >= 11 is 0. The molecule has 0 fully saturated rings. The van der Waals surface area contributed by atoms with Crippen LogP contribution >= 0.6 is 0 Å². The molecule has 1 aromatic carbocycles. The quantitative estimate of drug-likeness (QED) is 0.846. The molecule has 0 aromatic heterocycles. The van der Waals surface area contributed by atoms with Gasteiger partial charge in [-0.25, -0.2) is 4.39 Å². The van der Waals surface area contributed by atoms with E-state index in [9.17, 15) is 14.0 Å². The molecule has 0 saturated carbocycles. The Balaban J connectivity index is 2.73. The van der Waals surface area contributed by atoms with Crippen LogP contribution in [0.4, 0.5) is 4.39 Å². The van der Waals surface area contributed by atoms with Crippen molar-refractivity contribution in [1.82, 2.24) is 5.32 Å². The van der Waals surface area contributed by atoms with Crippen molar-refractivity contribution < 1.29 is 23.8 Å². The van der Waals surface area contributed by atoms with E-state index in [1.807, 2.05) is 0 Å². The highest BCUT2D eigenvalue weighted by Crippen LogP contribution is 2.23. The molecule has 0 saturated heterocycles. The van der Waals surface area contributed by atoms with Crippen LogP contribution in [0.2, 0.25) is 0 Å². The largest absolute Gasteiger partial charge is 0.494 e. The molecule has 0 aliphatic carbocycles. The Morgan fingerprint density at radius 3 is 2.52 bits per heavy atom. The van der Waals surface area contributed by atoms with Gasteiger partial charge in [-0.3, -0.25) is 9.59 Å². The fourth-order valence-corrected chi connectivity index (χ4v) is 1.80. The molecule has 0 aliphatic rings. The van der Waals surface area contributed by atoms with Gasteiger partial charge in [0.05, 0.1) is 18.6 Å². The van der Waals surface area contributed by atoms with E-state index in [1.54, 1.807) is 13.0 Å². The lowest BCUT2D eigenvalue weighted by molar-refractivity contribution is -0.149. The molecule has 0 heterocycles. The first-order valence-corrected chi connectivity index (χ1v) is 6.53. The molecule has 1 aromatic rings. The molecule has 21 heavy (non-hydrogen) atoms. The Morgan fingerprint density at radius 1 is 1.43 bits per heavy atom. The van der Waals surface area contributed by atoms with E-state index in [1.165, 1.54) is 33.1 Å². The van der Waals surface area contributed by atoms with Gasteiger partial charge in [0.1, 0.15) is 0 Å². The molecule has 0 aliphatic heterocycles. The third-order valence-corrected chi connectivity index (χ3v) is 3.23. The van der Waals surface area contributed by atoms with E-state index < -0.39 is 29.2 Å². The van der Waals surface area contributed by atoms with Gasteiger partial charge in [0.25, 0.3) is 0 Å². The number of ether oxygens (including phenoxy) is 1. The molecule has 6 heteroatoms. The second kappa shape index (κ2) is 6.56. The van der Waals surface area contributed by atoms with Crippen molar-refractivity contribution in [3.05, 3.63) is 29.6 Å². The lowest BCUT2D eigenvalue weighted by Gasteiger charge is -2.21. The molecule has 1 unspecified atom stereocenters. The van der Waals surface area contributed by atoms with Gasteiger partial charge in [0.15, 0.2) is 11.6 Å². The fraction of sp³-hybridized carbons (Fsp3) is 0.467. The number of nitrogens with one attached hydrogen (secondary N) is 1. The number of halogens is 1. The number of carboxylic acids is 1. The molecule has 0 spiro atoms. The smallest absolute Gasteiger partial charge is 0.309 e. The minimum atomic E-state index is -1.14. The van der Waals surface area contributed by atoms with Crippen molar-refractivity contribution in [1.29, 1.82) is 0 Å². The normalized spacial score (nSPS) is 12.6. The van der Waals surface area contributed by atoms with Crippen LogP contribution in [0.1, 0.15) is 38.8 Å². The number of methoxy groups -OCH3 is 1. The predicted octanol–water partition coefficient (Wildman–Crippen LogP) is 2.51. The van der Waals surface area contributed by atoms with Gasteiger partial charge >= 0.3 is 5.97 Å². The predicted molar refractivity (Wildman–Crippen MR) is 75.5 cm³/mol. The first-order chi connectivity index (χ1) is 9.67. The van der Waals surface area contributed by atoms with Gasteiger partial charge in [-0.1, -0.05) is 6.07 Å². The van der Waals surface area contributed by atoms with Gasteiger partial charge in [-0.05, 0) is 38.5 Å². The Hall–Kier alpha value is -2.11. The summed E-state index contributed by atoms with van der Waals surface area (Å²) in [6.07, 6.45) is -0.148. The summed E-state index contributed by atoms with van der Waals surface area (Å²) in [7, 11) is 1.37. The number of hydrogen-bond donors (Lipinski definition) is 2. The summed E-state index contributed by atoms with van der Waals surface area (Å²) in [4.78, 5) is 22.8. The Bertz CT molecular complexity index is 542. The minimum absolute atomic E-state index is 0.129. The Labute approximate surface area is 123 Å². The number of aliphatic carboxylic acids is 1. The lowest BCUT2D eigenvalue weighted by atomic mass is 9.89. The maximum Gasteiger partial charge on any atom is 0.309 e. The highest BCUT2D eigenvalue weighted by Gasteiger charge is 2.30. The lowest BCUT2D eigenvalue weighted by Crippen LogP contribution is -2.34. The Kier molecular flexibility index (Phi) is 5.29. The number of carboxylic acid groups (broad SMARTS) is 1. The maximum absolute atomic E-state index is 13.6. The standard InChI is InChI=1S/C15H20FNO4/c1-9(10-5-6-12(21-4)11(16)7-10)17-13(18)8-15(2,3)14(19)20/h5-7,9H,8H2,1-4H3,(H,17,18)(H,19,20). The molecule has 116 valence electrons. The number of carbonyl (C=O) groups excluding carboxylic acids is 1. The number of amides is 1. The summed E-state index contributed by atoms with van der Waals surface area (Å²) in [6, 6.07) is 3.98. The van der Waals surface area contributed by atoms with Crippen molar-refractivity contribution in [2.24, 2.45) is 5.41 Å². The second-order valence-corrected chi connectivity index (χ2v) is 5.55. The summed E-state index contributed by atoms with van der Waals surface area (Å²) in [5.74, 6) is -1.82. The van der Waals surface area contributed by atoms with Crippen LogP contribution in [0.5, 0.6) is 5.75 Å². The minimum Gasteiger partial charge on any atom is -0.494 e. The van der Waals surface area contributed by atoms with E-state index in [-0.39, 0.29) is 12.2 Å². The zero-order valence-electron chi connectivity index (χ0n) is 12.6. The highest BCUT2D eigenvalue weighted by molar-refractivity contribution is 5.84. The Morgan fingerprint density at radius 2 is 2.05 bits per heavy atom. The van der Waals surface area contributed by atoms with Gasteiger partial charge in [-0.2, -0.15) is 0 Å². The van der Waals surface area contributed by atoms with Crippen molar-refractivity contribution >= 4 is 11.9 Å². The second-order valence-electron chi connectivity index (χ2n) is 5.55. The number of rotatable bonds is 6. The van der Waals surface area contributed by atoms with Crippen LogP contribution < -0.4 is 10.1 Å². The van der Waals surface area contributed by atoms with E-state index in [2.05, 4.69) is 5.32 Å². The van der Waals surface area contributed by atoms with Gasteiger partial charge < -0.3 is 15.2 Å². The number of carbonyl (C=O) groups is 2. The van der Waals surface area contributed by atoms with Gasteiger partial charge in [-0.15, -0.1) is 0 Å². The molecular formula is C15H20FNO4. The summed E-state index contributed by atoms with van der Waals surface area (Å²) in [5.41, 5.74) is -0.565. The van der Waals surface area contributed by atoms with Crippen molar-refractivity contribution in [2.45, 2.75) is 33.2 Å². The molecule has 0 radical (unpaired) electrons. The average Bonchev–Trinajstić information content (AvgIpc) is 2.37. The van der Waals surface area contributed by atoms with Crippen molar-refractivity contribution in [2.75, 3.05) is 7.11 Å². The molecule has 5 nitrogen and oxygen atoms in total. The summed E-state index contributed by atoms with van der Waals surface area (Å²) < 4.78 is 18.4.